The average Bonchev–Trinajstić information content (AvgIpc) is 2.97. The lowest BCUT2D eigenvalue weighted by Gasteiger charge is -2.06. The average molecular weight is 335 g/mol. The maximum atomic E-state index is 11.2. The first kappa shape index (κ1) is 14.6. The van der Waals surface area contributed by atoms with Gasteiger partial charge in [-0.3, -0.25) is 0 Å². The zero-order valence-electron chi connectivity index (χ0n) is 14.1. The highest BCUT2D eigenvalue weighted by atomic mass is 32.1. The summed E-state index contributed by atoms with van der Waals surface area (Å²) in [7, 11) is 0. The molecule has 0 aliphatic carbocycles. The topological polar surface area (TPSA) is 74.0 Å². The fourth-order valence-corrected chi connectivity index (χ4v) is 3.28. The molecule has 24 heavy (non-hydrogen) atoms. The summed E-state index contributed by atoms with van der Waals surface area (Å²) in [6.45, 7) is 3.61. The first-order valence-electron chi connectivity index (χ1n) is 7.73. The maximum Gasteiger partial charge on any atom is 0.347 e. The van der Waals surface area contributed by atoms with E-state index in [9.17, 15) is 15.2 Å². The van der Waals surface area contributed by atoms with Crippen LogP contribution in [0.4, 0.5) is 0 Å². The molecule has 1 aromatic heterocycles. The summed E-state index contributed by atoms with van der Waals surface area (Å²) in [5, 5.41) is 19.2. The number of thiazole rings is 1. The van der Waals surface area contributed by atoms with Crippen LogP contribution in [0.15, 0.2) is 42.4 Å². The lowest BCUT2D eigenvalue weighted by Crippen LogP contribution is -1.94. The minimum absolute atomic E-state index is 0.169. The second-order valence-electron chi connectivity index (χ2n) is 5.39. The Morgan fingerprint density at radius 1 is 1.25 bits per heavy atom. The number of aromatic nitrogens is 1. The molecule has 0 aliphatic heterocycles. The number of benzene rings is 2. The molecule has 0 fully saturated rings. The molecule has 118 valence electrons. The number of hydrogen-bond donors (Lipinski definition) is 1. The Labute approximate surface area is 145 Å². The Balaban J connectivity index is 2.15. The van der Waals surface area contributed by atoms with E-state index in [1.54, 1.807) is 19.1 Å². The molecule has 4 nitrogen and oxygen atoms in total. The Morgan fingerprint density at radius 3 is 2.54 bits per heavy atom. The van der Waals surface area contributed by atoms with Crippen LogP contribution in [0.5, 0.6) is 0 Å². The van der Waals surface area contributed by atoms with Crippen LogP contribution in [-0.2, 0) is 0 Å². The van der Waals surface area contributed by atoms with Gasteiger partial charge in [0.2, 0.25) is 0 Å². The number of carboxylic acids is 1. The van der Waals surface area contributed by atoms with E-state index in [1.165, 1.54) is 0 Å². The lowest BCUT2D eigenvalue weighted by molar-refractivity contribution is 0.0701. The van der Waals surface area contributed by atoms with Crippen molar-refractivity contribution < 1.29 is 11.3 Å². The SMILES string of the molecule is [2H]c1cc(-c2nc(C)c(C(=O)O)s2)cc(C#N)c1-c1ccc(C)cc1. The van der Waals surface area contributed by atoms with Crippen molar-refractivity contribution in [2.24, 2.45) is 0 Å². The van der Waals surface area contributed by atoms with Gasteiger partial charge in [-0.25, -0.2) is 9.78 Å². The van der Waals surface area contributed by atoms with E-state index in [1.807, 2.05) is 31.2 Å². The van der Waals surface area contributed by atoms with Gasteiger partial charge in [0.25, 0.3) is 0 Å². The number of hydrogen-bond acceptors (Lipinski definition) is 4. The molecule has 0 saturated carbocycles. The number of aromatic carboxylic acids is 1. The van der Waals surface area contributed by atoms with Crippen LogP contribution in [0.2, 0.25) is 0 Å². The highest BCUT2D eigenvalue weighted by Crippen LogP contribution is 2.32. The lowest BCUT2D eigenvalue weighted by atomic mass is 9.97. The fraction of sp³-hybridized carbons (Fsp3) is 0.105. The smallest absolute Gasteiger partial charge is 0.347 e. The van der Waals surface area contributed by atoms with Gasteiger partial charge in [-0.15, -0.1) is 11.3 Å². The number of nitrogens with zero attached hydrogens (tertiary/aromatic N) is 2. The van der Waals surface area contributed by atoms with Crippen LogP contribution >= 0.6 is 11.3 Å². The van der Waals surface area contributed by atoms with E-state index < -0.39 is 5.97 Å². The molecule has 3 aromatic rings. The van der Waals surface area contributed by atoms with E-state index >= 15 is 0 Å². The zero-order valence-corrected chi connectivity index (χ0v) is 13.9. The molecule has 3 rings (SSSR count). The monoisotopic (exact) mass is 335 g/mol. The molecule has 0 spiro atoms. The van der Waals surface area contributed by atoms with Crippen LogP contribution in [-0.4, -0.2) is 16.1 Å². The molecule has 0 aliphatic rings. The van der Waals surface area contributed by atoms with E-state index in [-0.39, 0.29) is 10.9 Å². The predicted octanol–water partition coefficient (Wildman–Crippen LogP) is 4.66. The van der Waals surface area contributed by atoms with E-state index in [2.05, 4.69) is 11.1 Å². The van der Waals surface area contributed by atoms with Gasteiger partial charge >= 0.3 is 5.97 Å². The number of rotatable bonds is 3. The van der Waals surface area contributed by atoms with Crippen molar-refractivity contribution in [2.75, 3.05) is 0 Å². The van der Waals surface area contributed by atoms with Crippen molar-refractivity contribution >= 4 is 17.3 Å². The van der Waals surface area contributed by atoms with Crippen molar-refractivity contribution in [3.63, 3.8) is 0 Å². The molecule has 0 unspecified atom stereocenters. The summed E-state index contributed by atoms with van der Waals surface area (Å²) in [5.41, 5.74) is 3.86. The van der Waals surface area contributed by atoms with Gasteiger partial charge in [0.1, 0.15) is 9.88 Å². The summed E-state index contributed by atoms with van der Waals surface area (Å²) < 4.78 is 8.35. The Hall–Kier alpha value is -2.97. The molecular formula is C19H14N2O2S. The number of nitriles is 1. The van der Waals surface area contributed by atoms with Crippen LogP contribution in [0.1, 0.15) is 27.9 Å². The third-order valence-electron chi connectivity index (χ3n) is 3.64. The van der Waals surface area contributed by atoms with Crippen LogP contribution in [0.3, 0.4) is 0 Å². The third kappa shape index (κ3) is 2.92. The van der Waals surface area contributed by atoms with Gasteiger partial charge in [-0.05, 0) is 31.0 Å². The maximum absolute atomic E-state index is 11.2. The van der Waals surface area contributed by atoms with Crippen LogP contribution in [0.25, 0.3) is 21.7 Å². The summed E-state index contributed by atoms with van der Waals surface area (Å²) in [5.74, 6) is -1.02. The molecule has 2 aromatic carbocycles. The second-order valence-corrected chi connectivity index (χ2v) is 6.39. The van der Waals surface area contributed by atoms with Gasteiger partial charge < -0.3 is 5.11 Å². The largest absolute Gasteiger partial charge is 0.477 e. The van der Waals surface area contributed by atoms with Crippen molar-refractivity contribution in [2.45, 2.75) is 13.8 Å². The van der Waals surface area contributed by atoms with Gasteiger partial charge in [-0.1, -0.05) is 41.9 Å². The second kappa shape index (κ2) is 6.26. The number of carbonyl (C=O) groups is 1. The van der Waals surface area contributed by atoms with E-state index in [0.29, 0.717) is 27.4 Å². The fourth-order valence-electron chi connectivity index (χ4n) is 2.39. The Bertz CT molecular complexity index is 1020. The molecule has 0 bridgehead atoms. The minimum Gasteiger partial charge on any atom is -0.477 e. The molecule has 0 amide bonds. The van der Waals surface area contributed by atoms with Gasteiger partial charge in [-0.2, -0.15) is 5.26 Å². The highest BCUT2D eigenvalue weighted by molar-refractivity contribution is 7.17. The summed E-state index contributed by atoms with van der Waals surface area (Å²) in [6.07, 6.45) is 0. The summed E-state index contributed by atoms with van der Waals surface area (Å²) in [6, 6.07) is 13.3. The number of carboxylic acid groups (broad SMARTS) is 1. The van der Waals surface area contributed by atoms with Crippen molar-refractivity contribution in [1.82, 2.24) is 4.98 Å². The van der Waals surface area contributed by atoms with Crippen LogP contribution < -0.4 is 0 Å². The molecular weight excluding hydrogens is 320 g/mol. The van der Waals surface area contributed by atoms with Gasteiger partial charge in [0, 0.05) is 5.56 Å². The summed E-state index contributed by atoms with van der Waals surface area (Å²) >= 11 is 1.05. The highest BCUT2D eigenvalue weighted by Gasteiger charge is 2.16. The van der Waals surface area contributed by atoms with Gasteiger partial charge in [0.05, 0.1) is 18.7 Å². The Kier molecular flexibility index (Phi) is 3.81. The molecule has 1 heterocycles. The molecule has 0 radical (unpaired) electrons. The molecule has 5 heteroatoms. The van der Waals surface area contributed by atoms with Crippen molar-refractivity contribution in [1.29, 1.82) is 5.26 Å². The molecule has 1 N–H and O–H groups in total. The first-order chi connectivity index (χ1) is 11.9. The molecule has 0 atom stereocenters. The predicted molar refractivity (Wildman–Crippen MR) is 94.1 cm³/mol. The quantitative estimate of drug-likeness (QED) is 0.755. The Morgan fingerprint density at radius 2 is 1.96 bits per heavy atom. The normalized spacial score (nSPS) is 11.0. The molecule has 0 saturated heterocycles. The number of aryl methyl sites for hydroxylation is 2. The van der Waals surface area contributed by atoms with Crippen molar-refractivity contribution in [3.05, 3.63) is 64.1 Å². The minimum atomic E-state index is -1.02. The third-order valence-corrected chi connectivity index (χ3v) is 4.83. The van der Waals surface area contributed by atoms with Gasteiger partial charge in [0.15, 0.2) is 0 Å². The van der Waals surface area contributed by atoms with Crippen LogP contribution in [0, 0.1) is 25.2 Å². The van der Waals surface area contributed by atoms with Crippen molar-refractivity contribution in [3.8, 4) is 27.8 Å². The standard InChI is InChI=1S/C19H14N2O2S/c1-11-3-5-13(6-4-11)16-8-7-14(9-15(16)10-20)18-21-12(2)17(24-18)19(22)23/h3-9H,1-2H3,(H,22,23)/i8D. The first-order valence-corrected chi connectivity index (χ1v) is 8.05. The zero-order chi connectivity index (χ0) is 18.1. The summed E-state index contributed by atoms with van der Waals surface area (Å²) in [4.78, 5) is 15.7. The van der Waals surface area contributed by atoms with E-state index in [4.69, 9.17) is 1.37 Å². The van der Waals surface area contributed by atoms with E-state index in [0.717, 1.165) is 22.5 Å².